The van der Waals surface area contributed by atoms with Gasteiger partial charge >= 0.3 is 0 Å². The van der Waals surface area contributed by atoms with Gasteiger partial charge in [0.15, 0.2) is 0 Å². The Morgan fingerprint density at radius 1 is 1.40 bits per heavy atom. The second kappa shape index (κ2) is 9.59. The third kappa shape index (κ3) is 9.35. The minimum absolute atomic E-state index is 0.768. The van der Waals surface area contributed by atoms with Crippen molar-refractivity contribution in [1.82, 2.24) is 5.32 Å². The van der Waals surface area contributed by atoms with Crippen LogP contribution in [-0.4, -0.2) is 32.2 Å². The molecule has 0 bridgehead atoms. The van der Waals surface area contributed by atoms with Crippen LogP contribution in [0.4, 0.5) is 0 Å². The molecule has 1 saturated heterocycles. The lowest BCUT2D eigenvalue weighted by molar-refractivity contribution is 0.402. The molecule has 0 aromatic carbocycles. The summed E-state index contributed by atoms with van der Waals surface area (Å²) in [5, 5.41) is 3.32. The normalized spacial score (nSPS) is 18.5. The van der Waals surface area contributed by atoms with Crippen molar-refractivity contribution in [3.05, 3.63) is 12.7 Å². The molecule has 0 amide bonds. The van der Waals surface area contributed by atoms with E-state index >= 15 is 0 Å². The number of allylic oxidation sites excluding steroid dienone is 1. The van der Waals surface area contributed by atoms with Crippen LogP contribution in [0, 0.1) is 5.92 Å². The Bertz CT molecular complexity index is 213. The average molecular weight is 209 g/mol. The number of aliphatic imine (C=N–C) groups is 2. The van der Waals surface area contributed by atoms with Crippen molar-refractivity contribution >= 4 is 12.1 Å². The van der Waals surface area contributed by atoms with Crippen LogP contribution in [0.3, 0.4) is 0 Å². The Morgan fingerprint density at radius 2 is 2.00 bits per heavy atom. The quantitative estimate of drug-likeness (QED) is 0.522. The topological polar surface area (TPSA) is 36.8 Å². The molecule has 0 saturated carbocycles. The summed E-state index contributed by atoms with van der Waals surface area (Å²) in [5.41, 5.74) is 0. The molecule has 0 aromatic heterocycles. The largest absolute Gasteiger partial charge is 0.317 e. The van der Waals surface area contributed by atoms with Crippen LogP contribution in [0.5, 0.6) is 0 Å². The molecule has 3 heteroatoms. The molecule has 1 N–H and O–H groups in total. The van der Waals surface area contributed by atoms with Gasteiger partial charge in [0.25, 0.3) is 0 Å². The fourth-order valence-corrected chi connectivity index (χ4v) is 1.18. The summed E-state index contributed by atoms with van der Waals surface area (Å²) in [4.78, 5) is 7.66. The zero-order valence-corrected chi connectivity index (χ0v) is 10.2. The Labute approximate surface area is 93.4 Å². The number of rotatable bonds is 1. The van der Waals surface area contributed by atoms with Gasteiger partial charge in [0, 0.05) is 13.3 Å². The van der Waals surface area contributed by atoms with E-state index in [1.807, 2.05) is 6.92 Å². The van der Waals surface area contributed by atoms with Gasteiger partial charge in [0.05, 0.1) is 0 Å². The van der Waals surface area contributed by atoms with Crippen molar-refractivity contribution in [2.75, 3.05) is 20.1 Å². The highest BCUT2D eigenvalue weighted by atomic mass is 14.9. The second-order valence-electron chi connectivity index (χ2n) is 3.72. The van der Waals surface area contributed by atoms with E-state index in [1.165, 1.54) is 25.9 Å². The predicted molar refractivity (Wildman–Crippen MR) is 69.0 cm³/mol. The molecule has 0 unspecified atom stereocenters. The van der Waals surface area contributed by atoms with Gasteiger partial charge in [-0.3, -0.25) is 4.99 Å². The molecule has 0 spiro atoms. The zero-order chi connectivity index (χ0) is 11.5. The first-order valence-electron chi connectivity index (χ1n) is 5.50. The highest BCUT2D eigenvalue weighted by Crippen LogP contribution is 2.08. The third-order valence-corrected chi connectivity index (χ3v) is 2.32. The molecule has 1 fully saturated rings. The van der Waals surface area contributed by atoms with Gasteiger partial charge in [-0.15, -0.1) is 0 Å². The van der Waals surface area contributed by atoms with Crippen LogP contribution < -0.4 is 5.32 Å². The Kier molecular flexibility index (Phi) is 8.98. The molecular weight excluding hydrogens is 186 g/mol. The summed E-state index contributed by atoms with van der Waals surface area (Å²) in [7, 11) is 1.70. The minimum atomic E-state index is 0.768. The third-order valence-electron chi connectivity index (χ3n) is 2.32. The Balaban J connectivity index is 0.000000262. The van der Waals surface area contributed by atoms with Crippen molar-refractivity contribution in [3.63, 3.8) is 0 Å². The first kappa shape index (κ1) is 14.0. The van der Waals surface area contributed by atoms with Crippen LogP contribution in [0.1, 0.15) is 26.7 Å². The fraction of sp³-hybridized carbons (Fsp3) is 0.667. The maximum atomic E-state index is 3.87. The molecule has 0 aliphatic carbocycles. The summed E-state index contributed by atoms with van der Waals surface area (Å²) in [5.74, 6) is 1.74. The van der Waals surface area contributed by atoms with Crippen molar-refractivity contribution in [2.24, 2.45) is 15.9 Å². The van der Waals surface area contributed by atoms with Crippen LogP contribution in [-0.2, 0) is 0 Å². The standard InChI is InChI=1S/C6H10N2.C6H13N/c1-4-5-8-6(2)7-3;1-6-2-4-7-5-3-6/h4-5H,1H2,2-3H3;6-7H,2-5H2,1H3. The molecule has 0 radical (unpaired) electrons. The molecule has 1 aliphatic rings. The smallest absolute Gasteiger partial charge is 0.119 e. The minimum Gasteiger partial charge on any atom is -0.317 e. The van der Waals surface area contributed by atoms with E-state index in [-0.39, 0.29) is 0 Å². The van der Waals surface area contributed by atoms with Crippen LogP contribution in [0.2, 0.25) is 0 Å². The predicted octanol–water partition coefficient (Wildman–Crippen LogP) is 2.30. The van der Waals surface area contributed by atoms with E-state index in [2.05, 4.69) is 28.8 Å². The van der Waals surface area contributed by atoms with Crippen molar-refractivity contribution < 1.29 is 0 Å². The van der Waals surface area contributed by atoms with Crippen molar-refractivity contribution in [1.29, 1.82) is 0 Å². The van der Waals surface area contributed by atoms with Gasteiger partial charge in [-0.1, -0.05) is 19.6 Å². The Hall–Kier alpha value is -0.960. The molecule has 15 heavy (non-hydrogen) atoms. The molecule has 1 heterocycles. The van der Waals surface area contributed by atoms with Crippen LogP contribution in [0.25, 0.3) is 0 Å². The fourth-order valence-electron chi connectivity index (χ4n) is 1.18. The summed E-state index contributed by atoms with van der Waals surface area (Å²) in [6.07, 6.45) is 5.98. The molecule has 0 aromatic rings. The lowest BCUT2D eigenvalue weighted by atomic mass is 10.0. The van der Waals surface area contributed by atoms with Crippen molar-refractivity contribution in [3.8, 4) is 0 Å². The number of nitrogens with zero attached hydrogens (tertiary/aromatic N) is 2. The van der Waals surface area contributed by atoms with Gasteiger partial charge in [-0.2, -0.15) is 0 Å². The molecule has 1 rings (SSSR count). The van der Waals surface area contributed by atoms with Gasteiger partial charge in [-0.25, -0.2) is 4.99 Å². The van der Waals surface area contributed by atoms with E-state index in [0.717, 1.165) is 11.8 Å². The van der Waals surface area contributed by atoms with E-state index in [0.29, 0.717) is 0 Å². The monoisotopic (exact) mass is 209 g/mol. The number of amidine groups is 1. The number of nitrogens with one attached hydrogen (secondary N) is 1. The summed E-state index contributed by atoms with van der Waals surface area (Å²) >= 11 is 0. The molecule has 1 aliphatic heterocycles. The van der Waals surface area contributed by atoms with E-state index in [9.17, 15) is 0 Å². The maximum Gasteiger partial charge on any atom is 0.119 e. The first-order chi connectivity index (χ1) is 7.20. The van der Waals surface area contributed by atoms with Crippen LogP contribution in [0.15, 0.2) is 22.6 Å². The van der Waals surface area contributed by atoms with Gasteiger partial charge in [0.2, 0.25) is 0 Å². The number of hydrogen-bond donors (Lipinski definition) is 1. The zero-order valence-electron chi connectivity index (χ0n) is 10.2. The van der Waals surface area contributed by atoms with Crippen LogP contribution >= 0.6 is 0 Å². The summed E-state index contributed by atoms with van der Waals surface area (Å²) < 4.78 is 0. The highest BCUT2D eigenvalue weighted by molar-refractivity contribution is 5.90. The number of piperidine rings is 1. The lowest BCUT2D eigenvalue weighted by Crippen LogP contribution is -2.26. The highest BCUT2D eigenvalue weighted by Gasteiger charge is 2.04. The lowest BCUT2D eigenvalue weighted by Gasteiger charge is -2.17. The second-order valence-corrected chi connectivity index (χ2v) is 3.72. The molecule has 3 nitrogen and oxygen atoms in total. The SMILES string of the molecule is C=CC=NC(C)=NC.CC1CCNCC1. The molecular formula is C12H23N3. The van der Waals surface area contributed by atoms with E-state index in [4.69, 9.17) is 0 Å². The average Bonchev–Trinajstić information content (AvgIpc) is 2.28. The first-order valence-corrected chi connectivity index (χ1v) is 5.50. The number of hydrogen-bond acceptors (Lipinski definition) is 2. The van der Waals surface area contributed by atoms with E-state index in [1.54, 1.807) is 19.3 Å². The maximum absolute atomic E-state index is 3.87. The summed E-state index contributed by atoms with van der Waals surface area (Å²) in [6, 6.07) is 0. The summed E-state index contributed by atoms with van der Waals surface area (Å²) in [6.45, 7) is 10.1. The van der Waals surface area contributed by atoms with Gasteiger partial charge < -0.3 is 5.32 Å². The molecule has 0 atom stereocenters. The Morgan fingerprint density at radius 3 is 2.33 bits per heavy atom. The van der Waals surface area contributed by atoms with Gasteiger partial charge in [0.1, 0.15) is 5.84 Å². The van der Waals surface area contributed by atoms with Gasteiger partial charge in [-0.05, 0) is 38.8 Å². The molecule has 86 valence electrons. The van der Waals surface area contributed by atoms with Crippen molar-refractivity contribution in [2.45, 2.75) is 26.7 Å². The van der Waals surface area contributed by atoms with E-state index < -0.39 is 0 Å².